The van der Waals surface area contributed by atoms with Crippen molar-refractivity contribution >= 4 is 39.6 Å². The van der Waals surface area contributed by atoms with Gasteiger partial charge in [0.2, 0.25) is 5.78 Å². The molecule has 0 fully saturated rings. The van der Waals surface area contributed by atoms with Gasteiger partial charge in [-0.15, -0.1) is 0 Å². The third-order valence-corrected chi connectivity index (χ3v) is 6.49. The summed E-state index contributed by atoms with van der Waals surface area (Å²) in [5, 5.41) is 24.5. The Balaban J connectivity index is 1.51. The number of rotatable bonds is 7. The number of hydrogen-bond donors (Lipinski definition) is 1. The van der Waals surface area contributed by atoms with Gasteiger partial charge < -0.3 is 10.1 Å². The largest absolute Gasteiger partial charge is 0.368 e. The van der Waals surface area contributed by atoms with Gasteiger partial charge in [0.25, 0.3) is 11.6 Å². The van der Waals surface area contributed by atoms with E-state index in [4.69, 9.17) is 4.74 Å². The monoisotopic (exact) mass is 505 g/mol. The predicted molar refractivity (Wildman–Crippen MR) is 137 cm³/mol. The Bertz CT molecular complexity index is 1670. The second-order valence-electron chi connectivity index (χ2n) is 8.75. The summed E-state index contributed by atoms with van der Waals surface area (Å²) in [6, 6.07) is 24.7. The number of fused-ring (bicyclic) bond motifs is 2. The first-order chi connectivity index (χ1) is 18.4. The number of nitro benzene ring substituents is 1. The molecule has 0 bridgehead atoms. The molecule has 5 rings (SSSR count). The maximum Gasteiger partial charge on any atom is 0.292 e. The molecule has 1 heterocycles. The molecule has 1 amide bonds. The number of non-ortho nitro benzene ring substituents is 1. The lowest BCUT2D eigenvalue weighted by molar-refractivity contribution is -0.384. The minimum absolute atomic E-state index is 0.0823. The molecule has 38 heavy (non-hydrogen) atoms. The van der Waals surface area contributed by atoms with Gasteiger partial charge in [-0.25, -0.2) is 0 Å². The highest BCUT2D eigenvalue weighted by Crippen LogP contribution is 2.38. The van der Waals surface area contributed by atoms with E-state index < -0.39 is 34.4 Å². The van der Waals surface area contributed by atoms with Crippen LogP contribution < -0.4 is 5.32 Å². The maximum absolute atomic E-state index is 13.8. The van der Waals surface area contributed by atoms with Crippen LogP contribution in [0, 0.1) is 27.4 Å². The van der Waals surface area contributed by atoms with Gasteiger partial charge in [0, 0.05) is 17.7 Å². The number of nitro groups is 1. The number of hydrogen-bond acceptors (Lipinski definition) is 7. The lowest BCUT2D eigenvalue weighted by Crippen LogP contribution is -2.38. The van der Waals surface area contributed by atoms with E-state index in [0.29, 0.717) is 5.56 Å². The van der Waals surface area contributed by atoms with Crippen molar-refractivity contribution in [2.45, 2.75) is 12.7 Å². The van der Waals surface area contributed by atoms with Crippen LogP contribution in [0.4, 0.5) is 11.4 Å². The molecule has 4 aromatic carbocycles. The van der Waals surface area contributed by atoms with Crippen LogP contribution in [0.5, 0.6) is 0 Å². The Morgan fingerprint density at radius 2 is 1.71 bits per heavy atom. The van der Waals surface area contributed by atoms with Crippen LogP contribution in [-0.2, 0) is 20.9 Å². The lowest BCUT2D eigenvalue weighted by atomic mass is 9.84. The summed E-state index contributed by atoms with van der Waals surface area (Å²) in [6.45, 7) is 0.179. The Labute approximate surface area is 216 Å². The number of nitrogens with zero attached hydrogens (tertiary/aromatic N) is 2. The van der Waals surface area contributed by atoms with Crippen molar-refractivity contribution in [1.82, 2.24) is 0 Å². The minimum Gasteiger partial charge on any atom is -0.368 e. The lowest BCUT2D eigenvalue weighted by Gasteiger charge is -2.22. The first-order valence-electron chi connectivity index (χ1n) is 11.6. The van der Waals surface area contributed by atoms with Crippen LogP contribution in [0.3, 0.4) is 0 Å². The Hall–Kier alpha value is -5.20. The Morgan fingerprint density at radius 3 is 2.47 bits per heavy atom. The number of ketones is 2. The number of nitrogens with one attached hydrogen (secondary N) is 1. The quantitative estimate of drug-likeness (QED) is 0.124. The van der Waals surface area contributed by atoms with Crippen LogP contribution in [0.2, 0.25) is 0 Å². The molecule has 0 saturated heterocycles. The van der Waals surface area contributed by atoms with E-state index in [9.17, 15) is 29.8 Å². The van der Waals surface area contributed by atoms with E-state index in [1.54, 1.807) is 36.4 Å². The summed E-state index contributed by atoms with van der Waals surface area (Å²) in [6.07, 6.45) is -0.990. The van der Waals surface area contributed by atoms with Gasteiger partial charge in [0.1, 0.15) is 18.1 Å². The van der Waals surface area contributed by atoms with Gasteiger partial charge in [-0.05, 0) is 34.0 Å². The number of Topliss-reactive ketones (excluding diaryl/α,β-unsaturated/α-hetero) is 2. The van der Waals surface area contributed by atoms with Gasteiger partial charge in [-0.2, -0.15) is 5.26 Å². The Morgan fingerprint density at radius 1 is 0.974 bits per heavy atom. The van der Waals surface area contributed by atoms with Gasteiger partial charge in [0.15, 0.2) is 5.78 Å². The fourth-order valence-corrected chi connectivity index (χ4v) is 4.58. The molecule has 9 heteroatoms. The van der Waals surface area contributed by atoms with E-state index in [-0.39, 0.29) is 29.1 Å². The van der Waals surface area contributed by atoms with E-state index in [0.717, 1.165) is 28.5 Å². The normalized spacial score (nSPS) is 14.8. The summed E-state index contributed by atoms with van der Waals surface area (Å²) in [7, 11) is 0. The summed E-state index contributed by atoms with van der Waals surface area (Å²) in [5.41, 5.74) is 1.08. The molecule has 0 radical (unpaired) electrons. The molecule has 0 aromatic heterocycles. The molecule has 1 N–H and O–H groups in total. The van der Waals surface area contributed by atoms with Crippen LogP contribution in [0.1, 0.15) is 33.2 Å². The molecular weight excluding hydrogens is 486 g/mol. The van der Waals surface area contributed by atoms with Crippen LogP contribution in [0.25, 0.3) is 10.8 Å². The number of anilines is 1. The molecule has 4 aromatic rings. The van der Waals surface area contributed by atoms with E-state index >= 15 is 0 Å². The fourth-order valence-electron chi connectivity index (χ4n) is 4.58. The SMILES string of the molecule is N#Cc1cc([N+](=O)[O-])ccc1NC(=O)C(=O)[C@H](C(=O)c1ccc2ccccc2c1)[C@@H]1OCc2ccccc21. The summed E-state index contributed by atoms with van der Waals surface area (Å²) in [5.74, 6) is -4.26. The summed E-state index contributed by atoms with van der Waals surface area (Å²) in [4.78, 5) is 50.9. The average molecular weight is 505 g/mol. The van der Waals surface area contributed by atoms with Gasteiger partial charge >= 0.3 is 0 Å². The number of ether oxygens (including phenoxy) is 1. The zero-order chi connectivity index (χ0) is 26.8. The van der Waals surface area contributed by atoms with Crippen molar-refractivity contribution in [3.05, 3.63) is 117 Å². The molecule has 0 saturated carbocycles. The highest BCUT2D eigenvalue weighted by molar-refractivity contribution is 6.45. The van der Waals surface area contributed by atoms with Crippen molar-refractivity contribution in [3.8, 4) is 6.07 Å². The Kier molecular flexibility index (Phi) is 6.47. The zero-order valence-corrected chi connectivity index (χ0v) is 19.8. The third kappa shape index (κ3) is 4.52. The van der Waals surface area contributed by atoms with Crippen molar-refractivity contribution in [1.29, 1.82) is 5.26 Å². The highest BCUT2D eigenvalue weighted by atomic mass is 16.6. The molecule has 0 aliphatic carbocycles. The standard InChI is InChI=1S/C29H19N3O6/c30-15-21-14-22(32(36)37)11-12-24(21)31-29(35)27(34)25(28-23-8-4-3-7-20(23)16-38-28)26(33)19-10-9-17-5-1-2-6-18(17)13-19/h1-14,25,28H,16H2,(H,31,35)/t25-,28+/m0/s1. The maximum atomic E-state index is 13.8. The van der Waals surface area contributed by atoms with Crippen molar-refractivity contribution in [2.75, 3.05) is 5.32 Å². The smallest absolute Gasteiger partial charge is 0.292 e. The first kappa shape index (κ1) is 24.5. The number of amides is 1. The van der Waals surface area contributed by atoms with Gasteiger partial charge in [-0.3, -0.25) is 24.5 Å². The summed E-state index contributed by atoms with van der Waals surface area (Å²) < 4.78 is 5.88. The number of benzene rings is 4. The van der Waals surface area contributed by atoms with Crippen molar-refractivity contribution in [2.24, 2.45) is 5.92 Å². The molecule has 9 nitrogen and oxygen atoms in total. The molecule has 1 aliphatic heterocycles. The van der Waals surface area contributed by atoms with Crippen LogP contribution in [0.15, 0.2) is 84.9 Å². The molecule has 2 atom stereocenters. The van der Waals surface area contributed by atoms with E-state index in [1.165, 1.54) is 6.07 Å². The van der Waals surface area contributed by atoms with Gasteiger partial charge in [0.05, 0.1) is 22.8 Å². The van der Waals surface area contributed by atoms with E-state index in [2.05, 4.69) is 5.32 Å². The molecule has 1 aliphatic rings. The fraction of sp³-hybridized carbons (Fsp3) is 0.103. The van der Waals surface area contributed by atoms with Gasteiger partial charge in [-0.1, -0.05) is 60.7 Å². The highest BCUT2D eigenvalue weighted by Gasteiger charge is 2.43. The summed E-state index contributed by atoms with van der Waals surface area (Å²) >= 11 is 0. The second kappa shape index (κ2) is 10.0. The zero-order valence-electron chi connectivity index (χ0n) is 19.8. The van der Waals surface area contributed by atoms with E-state index in [1.807, 2.05) is 36.4 Å². The molecule has 186 valence electrons. The van der Waals surface area contributed by atoms with Crippen LogP contribution >= 0.6 is 0 Å². The number of carbonyl (C=O) groups is 3. The van der Waals surface area contributed by atoms with Crippen molar-refractivity contribution in [3.63, 3.8) is 0 Å². The van der Waals surface area contributed by atoms with Crippen molar-refractivity contribution < 1.29 is 24.0 Å². The first-order valence-corrected chi connectivity index (χ1v) is 11.6. The topological polar surface area (TPSA) is 139 Å². The number of carbonyl (C=O) groups excluding carboxylic acids is 3. The third-order valence-electron chi connectivity index (χ3n) is 6.49. The molecular formula is C29H19N3O6. The number of nitriles is 1. The molecule has 0 unspecified atom stereocenters. The predicted octanol–water partition coefficient (Wildman–Crippen LogP) is 4.90. The average Bonchev–Trinajstić information content (AvgIpc) is 3.36. The van der Waals surface area contributed by atoms with Crippen LogP contribution in [-0.4, -0.2) is 22.4 Å². The molecule has 0 spiro atoms. The second-order valence-corrected chi connectivity index (χ2v) is 8.75. The minimum atomic E-state index is -1.50.